The summed E-state index contributed by atoms with van der Waals surface area (Å²) in [5.41, 5.74) is 3.94. The Bertz CT molecular complexity index is 1190. The fourth-order valence-electron chi connectivity index (χ4n) is 4.75. The number of thiophene rings is 1. The molecule has 2 atom stereocenters. The van der Waals surface area contributed by atoms with Crippen LogP contribution in [0.4, 0.5) is 10.5 Å². The molecule has 1 unspecified atom stereocenters. The number of sulfone groups is 1. The molecule has 202 valence electrons. The maximum Gasteiger partial charge on any atom is 0.319 e. The molecule has 37 heavy (non-hydrogen) atoms. The third-order valence-electron chi connectivity index (χ3n) is 6.72. The smallest absolute Gasteiger partial charge is 0.319 e. The van der Waals surface area contributed by atoms with Crippen molar-refractivity contribution in [2.75, 3.05) is 24.2 Å². The van der Waals surface area contributed by atoms with Gasteiger partial charge in [0.15, 0.2) is 16.1 Å². The minimum atomic E-state index is -3.58. The second-order valence-electron chi connectivity index (χ2n) is 9.51. The van der Waals surface area contributed by atoms with Crippen LogP contribution in [0.1, 0.15) is 63.2 Å². The van der Waals surface area contributed by atoms with Gasteiger partial charge in [-0.05, 0) is 61.9 Å². The van der Waals surface area contributed by atoms with Crippen molar-refractivity contribution in [3.63, 3.8) is 0 Å². The molecule has 0 aliphatic carbocycles. The molecule has 3 heterocycles. The average Bonchev–Trinajstić information content (AvgIpc) is 3.39. The molecule has 3 amide bonds. The van der Waals surface area contributed by atoms with E-state index < -0.39 is 26.8 Å². The summed E-state index contributed by atoms with van der Waals surface area (Å²) in [6, 6.07) is 10.8. The third kappa shape index (κ3) is 6.70. The third-order valence-corrected chi connectivity index (χ3v) is 10.8. The van der Waals surface area contributed by atoms with Crippen LogP contribution in [-0.4, -0.2) is 45.6 Å². The number of carbonyl (C=O) groups is 2. The van der Waals surface area contributed by atoms with Crippen LogP contribution in [0.2, 0.25) is 0 Å². The molecule has 2 saturated heterocycles. The van der Waals surface area contributed by atoms with Gasteiger partial charge in [0.25, 0.3) is 0 Å². The number of hydroxylamine groups is 1. The fraction of sp³-hybridized carbons (Fsp3) is 0.538. The van der Waals surface area contributed by atoms with Crippen molar-refractivity contribution in [1.82, 2.24) is 10.8 Å². The lowest BCUT2D eigenvalue weighted by Gasteiger charge is -2.35. The molecule has 2 fully saturated rings. The van der Waals surface area contributed by atoms with Crippen LogP contribution in [0.5, 0.6) is 0 Å². The van der Waals surface area contributed by atoms with Gasteiger partial charge in [0, 0.05) is 35.0 Å². The Hall–Kier alpha value is -2.47. The Morgan fingerprint density at radius 2 is 2.03 bits per heavy atom. The Balaban J connectivity index is 1.53. The molecular formula is C26H35N3O6S2. The van der Waals surface area contributed by atoms with E-state index in [1.807, 2.05) is 37.3 Å². The van der Waals surface area contributed by atoms with Crippen LogP contribution in [-0.2, 0) is 29.0 Å². The van der Waals surface area contributed by atoms with E-state index >= 15 is 0 Å². The topological polar surface area (TPSA) is 123 Å². The second kappa shape index (κ2) is 12.4. The Kier molecular flexibility index (Phi) is 9.22. The van der Waals surface area contributed by atoms with Gasteiger partial charge in [0.05, 0.1) is 12.2 Å². The molecule has 11 heteroatoms. The molecule has 2 aliphatic heterocycles. The minimum absolute atomic E-state index is 0.0480. The molecule has 0 spiro atoms. The Morgan fingerprint density at radius 1 is 1.16 bits per heavy atom. The molecular weight excluding hydrogens is 514 g/mol. The number of benzene rings is 1. The van der Waals surface area contributed by atoms with Crippen molar-refractivity contribution in [2.45, 2.75) is 69.3 Å². The van der Waals surface area contributed by atoms with Crippen molar-refractivity contribution in [1.29, 1.82) is 0 Å². The summed E-state index contributed by atoms with van der Waals surface area (Å²) in [5, 5.41) is 5.61. The van der Waals surface area contributed by atoms with E-state index in [1.165, 1.54) is 11.3 Å². The van der Waals surface area contributed by atoms with Crippen molar-refractivity contribution >= 4 is 38.8 Å². The van der Waals surface area contributed by atoms with Gasteiger partial charge in [0.2, 0.25) is 5.91 Å². The van der Waals surface area contributed by atoms with E-state index in [-0.39, 0.29) is 18.2 Å². The first-order valence-corrected chi connectivity index (χ1v) is 15.3. The summed E-state index contributed by atoms with van der Waals surface area (Å²) < 4.78 is 31.1. The number of rotatable bonds is 9. The number of nitrogens with one attached hydrogen (secondary N) is 3. The average molecular weight is 550 g/mol. The number of amides is 3. The number of hydrogen-bond donors (Lipinski definition) is 3. The highest BCUT2D eigenvalue weighted by atomic mass is 32.2. The van der Waals surface area contributed by atoms with E-state index in [0.29, 0.717) is 43.0 Å². The van der Waals surface area contributed by atoms with Crippen LogP contribution in [0.15, 0.2) is 36.4 Å². The maximum atomic E-state index is 13.5. The first-order valence-electron chi connectivity index (χ1n) is 12.9. The molecule has 2 aliphatic rings. The van der Waals surface area contributed by atoms with Crippen LogP contribution in [0.3, 0.4) is 0 Å². The van der Waals surface area contributed by atoms with Gasteiger partial charge < -0.3 is 15.4 Å². The van der Waals surface area contributed by atoms with Gasteiger partial charge in [0.1, 0.15) is 4.75 Å². The molecule has 0 radical (unpaired) electrons. The highest BCUT2D eigenvalue weighted by Crippen LogP contribution is 2.47. The number of ether oxygens (including phenoxy) is 1. The maximum absolute atomic E-state index is 13.5. The second-order valence-corrected chi connectivity index (χ2v) is 13.0. The van der Waals surface area contributed by atoms with E-state index in [2.05, 4.69) is 16.1 Å². The monoisotopic (exact) mass is 549 g/mol. The number of anilines is 1. The molecule has 0 saturated carbocycles. The molecule has 1 aromatic heterocycles. The van der Waals surface area contributed by atoms with Gasteiger partial charge in [-0.25, -0.2) is 23.5 Å². The highest BCUT2D eigenvalue weighted by Gasteiger charge is 2.49. The molecule has 0 bridgehead atoms. The van der Waals surface area contributed by atoms with Crippen molar-refractivity contribution in [2.24, 2.45) is 0 Å². The van der Waals surface area contributed by atoms with Crippen molar-refractivity contribution in [3.05, 3.63) is 41.3 Å². The summed E-state index contributed by atoms with van der Waals surface area (Å²) in [7, 11) is -3.58. The number of hydrogen-bond acceptors (Lipinski definition) is 7. The number of urea groups is 1. The Morgan fingerprint density at radius 3 is 2.78 bits per heavy atom. The largest absolute Gasteiger partial charge is 0.350 e. The van der Waals surface area contributed by atoms with E-state index in [4.69, 9.17) is 9.57 Å². The zero-order valence-corrected chi connectivity index (χ0v) is 22.7. The molecule has 3 N–H and O–H groups in total. The lowest BCUT2D eigenvalue weighted by Crippen LogP contribution is -2.45. The van der Waals surface area contributed by atoms with Crippen LogP contribution < -0.4 is 16.1 Å². The standard InChI is InChI=1S/C26H35N3O6S2/c1-2-14-27-25(31)28-20-9-7-8-19(17-20)21-11-12-22(36-21)26(13-4-6-16-37(26,32)33)18-23(30)29-35-24-10-3-5-15-34-24/h7-9,11-12,17,24H,2-6,10,13-16,18H2,1H3,(H,29,30)(H2,27,28,31)/t24?,26-/m0/s1. The van der Waals surface area contributed by atoms with Crippen LogP contribution in [0, 0.1) is 0 Å². The summed E-state index contributed by atoms with van der Waals surface area (Å²) in [6.07, 6.45) is 4.42. The fourth-order valence-corrected chi connectivity index (χ4v) is 8.52. The van der Waals surface area contributed by atoms with Crippen molar-refractivity contribution < 1.29 is 27.6 Å². The minimum Gasteiger partial charge on any atom is -0.350 e. The normalized spacial score (nSPS) is 23.2. The van der Waals surface area contributed by atoms with Gasteiger partial charge in [-0.3, -0.25) is 4.79 Å². The predicted molar refractivity (Wildman–Crippen MR) is 144 cm³/mol. The quantitative estimate of drug-likeness (QED) is 0.390. The summed E-state index contributed by atoms with van der Waals surface area (Å²) in [4.78, 5) is 31.9. The summed E-state index contributed by atoms with van der Waals surface area (Å²) in [5.74, 6) is -0.425. The molecule has 9 nitrogen and oxygen atoms in total. The molecule has 4 rings (SSSR count). The lowest BCUT2D eigenvalue weighted by molar-refractivity contribution is -0.200. The highest BCUT2D eigenvalue weighted by molar-refractivity contribution is 7.92. The van der Waals surface area contributed by atoms with E-state index in [1.54, 1.807) is 6.07 Å². The van der Waals surface area contributed by atoms with Crippen LogP contribution >= 0.6 is 11.3 Å². The van der Waals surface area contributed by atoms with Gasteiger partial charge >= 0.3 is 6.03 Å². The predicted octanol–water partition coefficient (Wildman–Crippen LogP) is 4.71. The first-order chi connectivity index (χ1) is 17.8. The van der Waals surface area contributed by atoms with Crippen LogP contribution in [0.25, 0.3) is 10.4 Å². The zero-order chi connectivity index (χ0) is 26.3. The SMILES string of the molecule is CCCNC(=O)Nc1cccc(-c2ccc([C@@]3(CC(=O)NOC4CCCCO4)CCCCS3(=O)=O)s2)c1. The lowest BCUT2D eigenvalue weighted by atomic mass is 9.94. The van der Waals surface area contributed by atoms with Gasteiger partial charge in [-0.15, -0.1) is 11.3 Å². The summed E-state index contributed by atoms with van der Waals surface area (Å²) >= 11 is 1.37. The first kappa shape index (κ1) is 27.6. The Labute approximate surface area is 222 Å². The zero-order valence-electron chi connectivity index (χ0n) is 21.1. The summed E-state index contributed by atoms with van der Waals surface area (Å²) in [6.45, 7) is 3.15. The van der Waals surface area contributed by atoms with Gasteiger partial charge in [-0.2, -0.15) is 0 Å². The van der Waals surface area contributed by atoms with E-state index in [0.717, 1.165) is 36.1 Å². The molecule has 2 aromatic rings. The number of carbonyl (C=O) groups excluding carboxylic acids is 2. The molecule has 1 aromatic carbocycles. The van der Waals surface area contributed by atoms with Crippen molar-refractivity contribution in [3.8, 4) is 10.4 Å². The van der Waals surface area contributed by atoms with Gasteiger partial charge in [-0.1, -0.05) is 25.5 Å². The van der Waals surface area contributed by atoms with E-state index in [9.17, 15) is 18.0 Å².